The van der Waals surface area contributed by atoms with Gasteiger partial charge in [-0.1, -0.05) is 17.7 Å². The lowest BCUT2D eigenvalue weighted by molar-refractivity contribution is -0.384. The highest BCUT2D eigenvalue weighted by Crippen LogP contribution is 2.25. The quantitative estimate of drug-likeness (QED) is 0.462. The van der Waals surface area contributed by atoms with Crippen LogP contribution in [-0.4, -0.2) is 17.5 Å². The van der Waals surface area contributed by atoms with Crippen LogP contribution < -0.4 is 0 Å². The molecule has 0 atom stereocenters. The van der Waals surface area contributed by atoms with E-state index in [0.29, 0.717) is 12.2 Å². The topological polar surface area (TPSA) is 69.4 Å². The summed E-state index contributed by atoms with van der Waals surface area (Å²) in [5.41, 5.74) is 0.420. The number of hydrogen-bond donors (Lipinski definition) is 0. The molecule has 16 heavy (non-hydrogen) atoms. The highest BCUT2D eigenvalue weighted by atomic mass is 35.5. The number of benzene rings is 1. The van der Waals surface area contributed by atoms with Gasteiger partial charge in [0, 0.05) is 6.07 Å². The van der Waals surface area contributed by atoms with E-state index in [-0.39, 0.29) is 23.1 Å². The maximum absolute atomic E-state index is 11.1. The van der Waals surface area contributed by atoms with Crippen LogP contribution in [0.15, 0.2) is 18.2 Å². The zero-order valence-electron chi connectivity index (χ0n) is 8.60. The van der Waals surface area contributed by atoms with E-state index < -0.39 is 4.92 Å². The Morgan fingerprint density at radius 2 is 2.25 bits per heavy atom. The van der Waals surface area contributed by atoms with Gasteiger partial charge >= 0.3 is 5.97 Å². The number of nitro benzene ring substituents is 1. The van der Waals surface area contributed by atoms with Crippen molar-refractivity contribution in [1.82, 2.24) is 0 Å². The van der Waals surface area contributed by atoms with Crippen LogP contribution >= 0.6 is 11.6 Å². The van der Waals surface area contributed by atoms with E-state index in [0.717, 1.165) is 0 Å². The molecule has 1 aromatic rings. The van der Waals surface area contributed by atoms with E-state index in [1.807, 2.05) is 0 Å². The van der Waals surface area contributed by atoms with Crippen molar-refractivity contribution in [3.63, 3.8) is 0 Å². The highest BCUT2D eigenvalue weighted by Gasteiger charge is 2.13. The molecule has 6 heteroatoms. The number of rotatable bonds is 4. The van der Waals surface area contributed by atoms with Crippen LogP contribution in [-0.2, 0) is 16.0 Å². The summed E-state index contributed by atoms with van der Waals surface area (Å²) in [4.78, 5) is 21.1. The van der Waals surface area contributed by atoms with Crippen LogP contribution in [0.1, 0.15) is 12.5 Å². The molecule has 1 aromatic carbocycles. The maximum Gasteiger partial charge on any atom is 0.310 e. The van der Waals surface area contributed by atoms with E-state index in [4.69, 9.17) is 16.3 Å². The lowest BCUT2D eigenvalue weighted by Crippen LogP contribution is -2.07. The Morgan fingerprint density at radius 1 is 1.56 bits per heavy atom. The predicted octanol–water partition coefficient (Wildman–Crippen LogP) is 2.35. The van der Waals surface area contributed by atoms with Crippen molar-refractivity contribution < 1.29 is 14.5 Å². The van der Waals surface area contributed by atoms with Gasteiger partial charge in [0.15, 0.2) is 0 Å². The smallest absolute Gasteiger partial charge is 0.310 e. The summed E-state index contributed by atoms with van der Waals surface area (Å²) in [7, 11) is 0. The minimum absolute atomic E-state index is 0.0202. The van der Waals surface area contributed by atoms with Crippen LogP contribution in [0.3, 0.4) is 0 Å². The fourth-order valence-electron chi connectivity index (χ4n) is 1.19. The fourth-order valence-corrected chi connectivity index (χ4v) is 1.46. The first-order valence-electron chi connectivity index (χ1n) is 4.63. The van der Waals surface area contributed by atoms with Crippen molar-refractivity contribution in [3.05, 3.63) is 38.9 Å². The van der Waals surface area contributed by atoms with Gasteiger partial charge in [0.05, 0.1) is 18.0 Å². The molecule has 0 aliphatic rings. The summed E-state index contributed by atoms with van der Waals surface area (Å²) in [6, 6.07) is 4.16. The molecule has 1 rings (SSSR count). The van der Waals surface area contributed by atoms with Crippen molar-refractivity contribution in [2.45, 2.75) is 13.3 Å². The van der Waals surface area contributed by atoms with Crippen molar-refractivity contribution in [3.8, 4) is 0 Å². The molecule has 86 valence electrons. The summed E-state index contributed by atoms with van der Waals surface area (Å²) in [6.07, 6.45) is 0.0611. The normalized spacial score (nSPS) is 9.88. The minimum atomic E-state index is -0.573. The zero-order valence-corrected chi connectivity index (χ0v) is 9.36. The third-order valence-electron chi connectivity index (χ3n) is 1.86. The molecule has 0 bridgehead atoms. The lowest BCUT2D eigenvalue weighted by atomic mass is 10.1. The number of ether oxygens (including phenoxy) is 1. The monoisotopic (exact) mass is 243 g/mol. The Morgan fingerprint density at radius 3 is 2.75 bits per heavy atom. The van der Waals surface area contributed by atoms with Crippen LogP contribution in [0.4, 0.5) is 5.69 Å². The molecular formula is C10H10ClNO4. The number of nitro groups is 1. The third kappa shape index (κ3) is 3.20. The van der Waals surface area contributed by atoms with Crippen molar-refractivity contribution in [1.29, 1.82) is 0 Å². The van der Waals surface area contributed by atoms with E-state index in [1.165, 1.54) is 18.2 Å². The molecule has 0 fully saturated rings. The fraction of sp³-hybridized carbons (Fsp3) is 0.300. The molecule has 0 heterocycles. The second kappa shape index (κ2) is 5.46. The Kier molecular flexibility index (Phi) is 4.25. The van der Waals surface area contributed by atoms with Crippen molar-refractivity contribution in [2.75, 3.05) is 6.61 Å². The number of esters is 1. The molecule has 0 radical (unpaired) electrons. The Bertz CT molecular complexity index is 419. The van der Waals surface area contributed by atoms with E-state index in [9.17, 15) is 14.9 Å². The second-order valence-electron chi connectivity index (χ2n) is 3.02. The lowest BCUT2D eigenvalue weighted by Gasteiger charge is -2.02. The van der Waals surface area contributed by atoms with Crippen LogP contribution in [0.25, 0.3) is 0 Å². The predicted molar refractivity (Wildman–Crippen MR) is 58.4 cm³/mol. The van der Waals surface area contributed by atoms with Gasteiger partial charge in [-0.05, 0) is 18.6 Å². The summed E-state index contributed by atoms with van der Waals surface area (Å²) >= 11 is 5.69. The van der Waals surface area contributed by atoms with E-state index in [1.54, 1.807) is 6.92 Å². The van der Waals surface area contributed by atoms with Gasteiger partial charge in [0.2, 0.25) is 0 Å². The average molecular weight is 244 g/mol. The first-order chi connectivity index (χ1) is 7.54. The second-order valence-corrected chi connectivity index (χ2v) is 3.43. The molecular weight excluding hydrogens is 234 g/mol. The molecule has 5 nitrogen and oxygen atoms in total. The number of halogens is 1. The van der Waals surface area contributed by atoms with E-state index >= 15 is 0 Å². The van der Waals surface area contributed by atoms with Crippen molar-refractivity contribution in [2.24, 2.45) is 0 Å². The van der Waals surface area contributed by atoms with Gasteiger partial charge in [0.25, 0.3) is 5.69 Å². The number of hydrogen-bond acceptors (Lipinski definition) is 4. The average Bonchev–Trinajstić information content (AvgIpc) is 2.17. The molecule has 0 spiro atoms. The SMILES string of the molecule is CCOC(=O)Cc1ccc([N+](=O)[O-])c(Cl)c1. The zero-order chi connectivity index (χ0) is 12.1. The van der Waals surface area contributed by atoms with Gasteiger partial charge < -0.3 is 4.74 Å². The van der Waals surface area contributed by atoms with Gasteiger partial charge in [-0.25, -0.2) is 0 Å². The van der Waals surface area contributed by atoms with Crippen LogP contribution in [0.5, 0.6) is 0 Å². The summed E-state index contributed by atoms with van der Waals surface area (Å²) in [6.45, 7) is 2.01. The molecule has 0 N–H and O–H groups in total. The van der Waals surface area contributed by atoms with Gasteiger partial charge in [-0.3, -0.25) is 14.9 Å². The largest absolute Gasteiger partial charge is 0.466 e. The molecule has 0 aliphatic carbocycles. The third-order valence-corrected chi connectivity index (χ3v) is 2.17. The molecule has 0 amide bonds. The summed E-state index contributed by atoms with van der Waals surface area (Å²) < 4.78 is 4.75. The van der Waals surface area contributed by atoms with Gasteiger partial charge in [-0.2, -0.15) is 0 Å². The summed E-state index contributed by atoms with van der Waals surface area (Å²) in [5, 5.41) is 10.5. The van der Waals surface area contributed by atoms with Crippen LogP contribution in [0.2, 0.25) is 5.02 Å². The van der Waals surface area contributed by atoms with E-state index in [2.05, 4.69) is 0 Å². The minimum Gasteiger partial charge on any atom is -0.466 e. The first kappa shape index (κ1) is 12.4. The number of nitrogens with zero attached hydrogens (tertiary/aromatic N) is 1. The standard InChI is InChI=1S/C10H10ClNO4/c1-2-16-10(13)6-7-3-4-9(12(14)15)8(11)5-7/h3-5H,2,6H2,1H3. The molecule has 0 aromatic heterocycles. The Balaban J connectivity index is 2.81. The first-order valence-corrected chi connectivity index (χ1v) is 5.00. The Labute approximate surface area is 97.1 Å². The number of carbonyl (C=O) groups is 1. The highest BCUT2D eigenvalue weighted by molar-refractivity contribution is 6.32. The number of carbonyl (C=O) groups excluding carboxylic acids is 1. The Hall–Kier alpha value is -1.62. The summed E-state index contributed by atoms with van der Waals surface area (Å²) in [5.74, 6) is -0.382. The van der Waals surface area contributed by atoms with Crippen molar-refractivity contribution >= 4 is 23.3 Å². The molecule has 0 unspecified atom stereocenters. The molecule has 0 saturated heterocycles. The van der Waals surface area contributed by atoms with Gasteiger partial charge in [-0.15, -0.1) is 0 Å². The maximum atomic E-state index is 11.1. The van der Waals surface area contributed by atoms with Gasteiger partial charge in [0.1, 0.15) is 5.02 Å². The molecule has 0 saturated carbocycles. The van der Waals surface area contributed by atoms with Crippen LogP contribution in [0, 0.1) is 10.1 Å². The molecule has 0 aliphatic heterocycles.